The molecule has 0 amide bonds. The van der Waals surface area contributed by atoms with Gasteiger partial charge in [0.05, 0.1) is 0 Å². The Morgan fingerprint density at radius 3 is 1.09 bits per heavy atom. The van der Waals surface area contributed by atoms with Crippen molar-refractivity contribution < 1.29 is 57.3 Å². The quantitative estimate of drug-likeness (QED) is 0.0308. The summed E-state index contributed by atoms with van der Waals surface area (Å²) >= 11 is 6.30. The number of carbonyl (C=O) groups excluding carboxylic acids is 8. The lowest BCUT2D eigenvalue weighted by molar-refractivity contribution is -0.171. The fourth-order valence-corrected chi connectivity index (χ4v) is 10.5. The SMILES string of the molecule is C=Cc1ccc(CCC(C)(C(C)=O)C(=O)OC(C)(C)C)c2ccccc12.C=Cc1ccc(CCC(C)(C(C)=O)C(=O)OC(C)(C)C)cc1.C=Cc1ccc(CCC(C)(C(C)=O)C(=O)OC(C)(C)C)cc1.C=Cc1ccc(CCC(C)(C(C)=O)C(=O)OC2CCCCC2)c(Cl)c1. The average molecular weight is 1320 g/mol. The molecule has 4 atom stereocenters. The maximum atomic E-state index is 12.7. The van der Waals surface area contributed by atoms with Crippen LogP contribution in [0.2, 0.25) is 5.02 Å². The van der Waals surface area contributed by atoms with Crippen LogP contribution in [0, 0.1) is 21.7 Å². The number of aryl methyl sites for hydroxylation is 4. The number of carbonyl (C=O) groups is 8. The molecule has 0 N–H and O–H groups in total. The summed E-state index contributed by atoms with van der Waals surface area (Å²) in [7, 11) is 0. The summed E-state index contributed by atoms with van der Waals surface area (Å²) in [6.07, 6.45) is 16.4. The third-order valence-corrected chi connectivity index (χ3v) is 17.9. The maximum absolute atomic E-state index is 12.7. The van der Waals surface area contributed by atoms with Crippen LogP contribution in [-0.4, -0.2) is 69.9 Å². The molecule has 6 rings (SSSR count). The van der Waals surface area contributed by atoms with Gasteiger partial charge in [0.15, 0.2) is 0 Å². The molecule has 12 nitrogen and oxygen atoms in total. The highest BCUT2D eigenvalue weighted by atomic mass is 35.5. The van der Waals surface area contributed by atoms with Crippen molar-refractivity contribution in [2.75, 3.05) is 0 Å². The van der Waals surface area contributed by atoms with E-state index >= 15 is 0 Å². The van der Waals surface area contributed by atoms with Crippen molar-refractivity contribution in [1.29, 1.82) is 0 Å². The van der Waals surface area contributed by atoms with Crippen LogP contribution >= 0.6 is 11.6 Å². The standard InChI is InChI=1S/C23H28O3.C21H27ClO3.2C19H26O3/c1-7-17-12-13-18(20-11-9-8-10-19(17)20)14-15-23(6,16(2)24)21(25)26-22(3,4)5;1-4-16-10-11-17(19(22)14-16)12-13-21(3,15(2)23)20(24)25-18-8-6-5-7-9-18;2*1-7-15-8-10-16(11-9-15)12-13-19(6,14(2)20)17(21)22-18(3,4)5/h7-13H,1,14-15H2,2-6H3;4,10-11,14,18H,1,5-9,12-13H2,2-3H3;2*7-11H,1,12-13H2,2-6H3. The van der Waals surface area contributed by atoms with Crippen molar-refractivity contribution in [3.05, 3.63) is 179 Å². The molecule has 0 bridgehead atoms. The number of hydrogen-bond donors (Lipinski definition) is 0. The predicted molar refractivity (Wildman–Crippen MR) is 388 cm³/mol. The van der Waals surface area contributed by atoms with Crippen molar-refractivity contribution in [3.8, 4) is 0 Å². The van der Waals surface area contributed by atoms with Gasteiger partial charge in [0.25, 0.3) is 0 Å². The van der Waals surface area contributed by atoms with E-state index < -0.39 is 62.3 Å². The largest absolute Gasteiger partial charge is 0.462 e. The summed E-state index contributed by atoms with van der Waals surface area (Å²) in [5, 5.41) is 2.88. The van der Waals surface area contributed by atoms with E-state index in [1.807, 2.05) is 112 Å². The van der Waals surface area contributed by atoms with E-state index in [1.54, 1.807) is 87.5 Å². The molecular weight excluding hydrogens is 1210 g/mol. The Morgan fingerprint density at radius 1 is 0.411 bits per heavy atom. The first-order valence-corrected chi connectivity index (χ1v) is 33.4. The van der Waals surface area contributed by atoms with Crippen LogP contribution in [-0.2, 0) is 83.0 Å². The lowest BCUT2D eigenvalue weighted by atomic mass is 9.80. The first-order chi connectivity index (χ1) is 44.1. The number of hydrogen-bond acceptors (Lipinski definition) is 12. The number of ether oxygens (including phenoxy) is 4. The van der Waals surface area contributed by atoms with Gasteiger partial charge < -0.3 is 18.9 Å². The molecule has 0 heterocycles. The number of fused-ring (bicyclic) bond motifs is 1. The second-order valence-corrected chi connectivity index (χ2v) is 29.1. The van der Waals surface area contributed by atoms with Gasteiger partial charge in [-0.1, -0.05) is 166 Å². The topological polar surface area (TPSA) is 173 Å². The Kier molecular flexibility index (Phi) is 30.7. The highest BCUT2D eigenvalue weighted by Gasteiger charge is 2.44. The molecule has 1 saturated carbocycles. The zero-order chi connectivity index (χ0) is 71.9. The number of benzene rings is 5. The minimum atomic E-state index is -1.15. The molecule has 0 radical (unpaired) electrons. The highest BCUT2D eigenvalue weighted by Crippen LogP contribution is 2.36. The van der Waals surface area contributed by atoms with Crippen LogP contribution in [0.1, 0.15) is 220 Å². The van der Waals surface area contributed by atoms with E-state index in [0.717, 1.165) is 81.0 Å². The predicted octanol–water partition coefficient (Wildman–Crippen LogP) is 19.1. The van der Waals surface area contributed by atoms with Gasteiger partial charge in [-0.3, -0.25) is 38.4 Å². The van der Waals surface area contributed by atoms with Crippen molar-refractivity contribution in [2.45, 2.75) is 224 Å². The summed E-state index contributed by atoms with van der Waals surface area (Å²) in [6, 6.07) is 33.8. The Morgan fingerprint density at radius 2 is 0.747 bits per heavy atom. The van der Waals surface area contributed by atoms with Gasteiger partial charge in [0, 0.05) is 5.02 Å². The minimum Gasteiger partial charge on any atom is -0.462 e. The van der Waals surface area contributed by atoms with Crippen LogP contribution in [0.4, 0.5) is 0 Å². The lowest BCUT2D eigenvalue weighted by Crippen LogP contribution is -2.40. The minimum absolute atomic E-state index is 0.0459. The molecule has 1 fully saturated rings. The molecule has 1 aliphatic carbocycles. The highest BCUT2D eigenvalue weighted by molar-refractivity contribution is 6.31. The van der Waals surface area contributed by atoms with E-state index in [1.165, 1.54) is 34.1 Å². The molecule has 0 aliphatic heterocycles. The smallest absolute Gasteiger partial charge is 0.319 e. The lowest BCUT2D eigenvalue weighted by Gasteiger charge is -2.29. The second-order valence-electron chi connectivity index (χ2n) is 28.7. The summed E-state index contributed by atoms with van der Waals surface area (Å²) < 4.78 is 22.0. The summed E-state index contributed by atoms with van der Waals surface area (Å²) in [5.74, 6) is -2.40. The third-order valence-electron chi connectivity index (χ3n) is 17.6. The van der Waals surface area contributed by atoms with E-state index in [9.17, 15) is 38.4 Å². The van der Waals surface area contributed by atoms with Crippen LogP contribution in [0.25, 0.3) is 35.1 Å². The first kappa shape index (κ1) is 81.4. The molecule has 13 heteroatoms. The molecule has 1 aliphatic rings. The number of Topliss-reactive ketones (excluding diaryl/α,β-unsaturated/α-hetero) is 4. The van der Waals surface area contributed by atoms with E-state index in [4.69, 9.17) is 30.5 Å². The Balaban J connectivity index is 0.000000331. The first-order valence-electron chi connectivity index (χ1n) is 33.0. The van der Waals surface area contributed by atoms with Crippen molar-refractivity contribution in [2.24, 2.45) is 21.7 Å². The van der Waals surface area contributed by atoms with Crippen molar-refractivity contribution in [1.82, 2.24) is 0 Å². The number of halogens is 1. The van der Waals surface area contributed by atoms with Gasteiger partial charge in [-0.05, 0) is 256 Å². The van der Waals surface area contributed by atoms with E-state index in [0.29, 0.717) is 56.4 Å². The zero-order valence-electron chi connectivity index (χ0n) is 60.0. The molecule has 0 aromatic heterocycles. The van der Waals surface area contributed by atoms with Crippen LogP contribution in [0.15, 0.2) is 129 Å². The summed E-state index contributed by atoms with van der Waals surface area (Å²) in [6.45, 7) is 43.8. The number of rotatable bonds is 25. The number of esters is 4. The monoisotopic (exact) mass is 1320 g/mol. The van der Waals surface area contributed by atoms with E-state index in [2.05, 4.69) is 44.5 Å². The van der Waals surface area contributed by atoms with Gasteiger partial charge in [-0.25, -0.2) is 0 Å². The Hall–Kier alpha value is -7.83. The Labute approximate surface area is 572 Å². The van der Waals surface area contributed by atoms with Crippen LogP contribution < -0.4 is 0 Å². The molecular formula is C82H107ClO12. The van der Waals surface area contributed by atoms with Gasteiger partial charge in [-0.2, -0.15) is 0 Å². The summed E-state index contributed by atoms with van der Waals surface area (Å²) in [4.78, 5) is 98.6. The van der Waals surface area contributed by atoms with Crippen molar-refractivity contribution >= 4 is 93.7 Å². The molecule has 0 saturated heterocycles. The van der Waals surface area contributed by atoms with Gasteiger partial charge >= 0.3 is 23.9 Å². The van der Waals surface area contributed by atoms with Crippen LogP contribution in [0.5, 0.6) is 0 Å². The zero-order valence-corrected chi connectivity index (χ0v) is 60.8. The van der Waals surface area contributed by atoms with Crippen molar-refractivity contribution in [3.63, 3.8) is 0 Å². The average Bonchev–Trinajstić information content (AvgIpc) is 0.818. The molecule has 95 heavy (non-hydrogen) atoms. The van der Waals surface area contributed by atoms with Gasteiger partial charge in [-0.15, -0.1) is 0 Å². The molecule has 514 valence electrons. The fourth-order valence-electron chi connectivity index (χ4n) is 10.2. The van der Waals surface area contributed by atoms with E-state index in [-0.39, 0.29) is 29.2 Å². The van der Waals surface area contributed by atoms with Gasteiger partial charge in [0.2, 0.25) is 0 Å². The molecule has 4 unspecified atom stereocenters. The second kappa shape index (κ2) is 35.8. The summed E-state index contributed by atoms with van der Waals surface area (Å²) in [5.41, 5.74) is 2.01. The molecule has 5 aromatic rings. The Bertz CT molecular complexity index is 3410. The number of ketones is 4. The van der Waals surface area contributed by atoms with Gasteiger partial charge in [0.1, 0.15) is 67.7 Å². The fraction of sp³-hybridized carbons (Fsp3) is 0.463. The molecule has 0 spiro atoms. The maximum Gasteiger partial charge on any atom is 0.319 e. The van der Waals surface area contributed by atoms with Crippen LogP contribution in [0.3, 0.4) is 0 Å². The molecule has 5 aromatic carbocycles. The normalized spacial score (nSPS) is 14.9. The third kappa shape index (κ3) is 25.0.